The van der Waals surface area contributed by atoms with E-state index in [0.29, 0.717) is 0 Å². The molecule has 0 spiro atoms. The second kappa shape index (κ2) is 7.29. The van der Waals surface area contributed by atoms with E-state index in [0.717, 1.165) is 38.2 Å². The highest BCUT2D eigenvalue weighted by atomic mass is 16.5. The Balaban J connectivity index is 2.64. The third-order valence-electron chi connectivity index (χ3n) is 2.73. The second-order valence-electron chi connectivity index (χ2n) is 4.39. The number of nitrogens with zero attached hydrogens (tertiary/aromatic N) is 3. The highest BCUT2D eigenvalue weighted by molar-refractivity contribution is 5.25. The van der Waals surface area contributed by atoms with Crippen molar-refractivity contribution in [3.63, 3.8) is 0 Å². The number of nitrogens with one attached hydrogen (secondary N) is 1. The molecule has 0 unspecified atom stereocenters. The fraction of sp³-hybridized carbons (Fsp3) is 0.750. The topological polar surface area (TPSA) is 42.3 Å². The van der Waals surface area contributed by atoms with E-state index in [1.165, 1.54) is 5.69 Å². The SMILES string of the molecule is CNCCCc1c(OC)cnn1CCN(C)C. The second-order valence-corrected chi connectivity index (χ2v) is 4.39. The summed E-state index contributed by atoms with van der Waals surface area (Å²) in [7, 11) is 7.82. The zero-order valence-corrected chi connectivity index (χ0v) is 11.4. The molecule has 5 nitrogen and oxygen atoms in total. The summed E-state index contributed by atoms with van der Waals surface area (Å²) in [5, 5.41) is 7.54. The standard InChI is InChI=1S/C12H24N4O/c1-13-7-5-6-11-12(17-4)10-14-16(11)9-8-15(2)3/h10,13H,5-9H2,1-4H3. The van der Waals surface area contributed by atoms with Gasteiger partial charge in [-0.3, -0.25) is 4.68 Å². The number of methoxy groups -OCH3 is 1. The number of hydrogen-bond donors (Lipinski definition) is 1. The molecular formula is C12H24N4O. The summed E-state index contributed by atoms with van der Waals surface area (Å²) in [5.41, 5.74) is 1.20. The zero-order valence-electron chi connectivity index (χ0n) is 11.4. The van der Waals surface area contributed by atoms with Crippen LogP contribution in [0.25, 0.3) is 0 Å². The largest absolute Gasteiger partial charge is 0.493 e. The molecule has 1 aromatic heterocycles. The maximum Gasteiger partial charge on any atom is 0.159 e. The van der Waals surface area contributed by atoms with E-state index in [-0.39, 0.29) is 0 Å². The first-order valence-corrected chi connectivity index (χ1v) is 6.07. The van der Waals surface area contributed by atoms with Crippen molar-refractivity contribution in [3.05, 3.63) is 11.9 Å². The van der Waals surface area contributed by atoms with Gasteiger partial charge in [-0.2, -0.15) is 5.10 Å². The lowest BCUT2D eigenvalue weighted by molar-refractivity contribution is 0.365. The van der Waals surface area contributed by atoms with Crippen LogP contribution in [-0.2, 0) is 13.0 Å². The molecule has 0 aliphatic rings. The monoisotopic (exact) mass is 240 g/mol. The molecule has 17 heavy (non-hydrogen) atoms. The first-order chi connectivity index (χ1) is 8.19. The number of likely N-dealkylation sites (N-methyl/N-ethyl adjacent to an activating group) is 1. The van der Waals surface area contributed by atoms with Crippen molar-refractivity contribution < 1.29 is 4.74 Å². The highest BCUT2D eigenvalue weighted by Gasteiger charge is 2.10. The third kappa shape index (κ3) is 4.36. The molecule has 0 saturated carbocycles. The van der Waals surface area contributed by atoms with E-state index in [9.17, 15) is 0 Å². The number of aromatic nitrogens is 2. The van der Waals surface area contributed by atoms with Crippen LogP contribution >= 0.6 is 0 Å². The van der Waals surface area contributed by atoms with E-state index in [1.54, 1.807) is 7.11 Å². The van der Waals surface area contributed by atoms with Crippen molar-refractivity contribution in [2.24, 2.45) is 0 Å². The van der Waals surface area contributed by atoms with Crippen LogP contribution in [0.15, 0.2) is 6.20 Å². The Kier molecular flexibility index (Phi) is 6.00. The lowest BCUT2D eigenvalue weighted by Crippen LogP contribution is -2.20. The van der Waals surface area contributed by atoms with E-state index >= 15 is 0 Å². The van der Waals surface area contributed by atoms with Crippen LogP contribution in [0.2, 0.25) is 0 Å². The molecule has 1 heterocycles. The summed E-state index contributed by atoms with van der Waals surface area (Å²) in [4.78, 5) is 2.16. The molecule has 0 saturated heterocycles. The Morgan fingerprint density at radius 3 is 2.82 bits per heavy atom. The molecule has 1 N–H and O–H groups in total. The minimum Gasteiger partial charge on any atom is -0.493 e. The summed E-state index contributed by atoms with van der Waals surface area (Å²) in [6.07, 6.45) is 3.91. The van der Waals surface area contributed by atoms with E-state index in [1.807, 2.05) is 13.2 Å². The quantitative estimate of drug-likeness (QED) is 0.676. The van der Waals surface area contributed by atoms with Gasteiger partial charge in [0.15, 0.2) is 5.75 Å². The maximum atomic E-state index is 5.35. The van der Waals surface area contributed by atoms with Crippen molar-refractivity contribution >= 4 is 0 Å². The van der Waals surface area contributed by atoms with Gasteiger partial charge in [0.05, 0.1) is 25.5 Å². The van der Waals surface area contributed by atoms with Gasteiger partial charge >= 0.3 is 0 Å². The summed E-state index contributed by atoms with van der Waals surface area (Å²) in [6, 6.07) is 0. The lowest BCUT2D eigenvalue weighted by Gasteiger charge is -2.12. The van der Waals surface area contributed by atoms with Crippen molar-refractivity contribution in [2.45, 2.75) is 19.4 Å². The molecule has 0 radical (unpaired) electrons. The molecule has 0 aliphatic carbocycles. The van der Waals surface area contributed by atoms with E-state index in [4.69, 9.17) is 4.74 Å². The Labute approximate surface area is 104 Å². The molecule has 1 aromatic rings. The van der Waals surface area contributed by atoms with Crippen LogP contribution in [0.1, 0.15) is 12.1 Å². The predicted molar refractivity (Wildman–Crippen MR) is 69.6 cm³/mol. The van der Waals surface area contributed by atoms with Gasteiger partial charge in [-0.05, 0) is 40.5 Å². The molecule has 0 bridgehead atoms. The zero-order chi connectivity index (χ0) is 12.7. The predicted octanol–water partition coefficient (Wildman–Crippen LogP) is 0.605. The molecule has 0 fully saturated rings. The first-order valence-electron chi connectivity index (χ1n) is 6.07. The van der Waals surface area contributed by atoms with Crippen LogP contribution in [-0.4, -0.2) is 56.0 Å². The van der Waals surface area contributed by atoms with Gasteiger partial charge in [-0.15, -0.1) is 0 Å². The Morgan fingerprint density at radius 1 is 1.47 bits per heavy atom. The van der Waals surface area contributed by atoms with Gasteiger partial charge in [-0.25, -0.2) is 0 Å². The lowest BCUT2D eigenvalue weighted by atomic mass is 10.2. The summed E-state index contributed by atoms with van der Waals surface area (Å²) in [5.74, 6) is 0.903. The van der Waals surface area contributed by atoms with Crippen LogP contribution in [0, 0.1) is 0 Å². The van der Waals surface area contributed by atoms with E-state index < -0.39 is 0 Å². The summed E-state index contributed by atoms with van der Waals surface area (Å²) < 4.78 is 7.40. The highest BCUT2D eigenvalue weighted by Crippen LogP contribution is 2.18. The van der Waals surface area contributed by atoms with Gasteiger partial charge in [0.1, 0.15) is 0 Å². The smallest absolute Gasteiger partial charge is 0.159 e. The fourth-order valence-corrected chi connectivity index (χ4v) is 1.74. The molecule has 0 aromatic carbocycles. The average Bonchev–Trinajstić information content (AvgIpc) is 2.69. The van der Waals surface area contributed by atoms with Crippen LogP contribution in [0.3, 0.4) is 0 Å². The van der Waals surface area contributed by atoms with Gasteiger partial charge in [-0.1, -0.05) is 0 Å². The van der Waals surface area contributed by atoms with Crippen molar-refractivity contribution in [2.75, 3.05) is 41.3 Å². The van der Waals surface area contributed by atoms with Crippen molar-refractivity contribution in [1.82, 2.24) is 20.0 Å². The van der Waals surface area contributed by atoms with Crippen molar-refractivity contribution in [3.8, 4) is 5.75 Å². The number of hydrogen-bond acceptors (Lipinski definition) is 4. The normalized spacial score (nSPS) is 11.1. The molecule has 1 rings (SSSR count). The van der Waals surface area contributed by atoms with Crippen LogP contribution < -0.4 is 10.1 Å². The Hall–Kier alpha value is -1.07. The average molecular weight is 240 g/mol. The van der Waals surface area contributed by atoms with Crippen molar-refractivity contribution in [1.29, 1.82) is 0 Å². The summed E-state index contributed by atoms with van der Waals surface area (Å²) >= 11 is 0. The molecule has 0 aliphatic heterocycles. The molecular weight excluding hydrogens is 216 g/mol. The fourth-order valence-electron chi connectivity index (χ4n) is 1.74. The minimum absolute atomic E-state index is 0.903. The maximum absolute atomic E-state index is 5.35. The van der Waals surface area contributed by atoms with Gasteiger partial charge in [0.2, 0.25) is 0 Å². The molecule has 5 heteroatoms. The minimum atomic E-state index is 0.903. The Bertz CT molecular complexity index is 322. The molecule has 0 atom stereocenters. The van der Waals surface area contributed by atoms with E-state index in [2.05, 4.69) is 34.1 Å². The Morgan fingerprint density at radius 2 is 2.24 bits per heavy atom. The first kappa shape index (κ1) is 14.0. The summed E-state index contributed by atoms with van der Waals surface area (Å²) in [6.45, 7) is 2.91. The third-order valence-corrected chi connectivity index (χ3v) is 2.73. The van der Waals surface area contributed by atoms with Gasteiger partial charge < -0.3 is 15.0 Å². The van der Waals surface area contributed by atoms with Crippen LogP contribution in [0.5, 0.6) is 5.75 Å². The van der Waals surface area contributed by atoms with Gasteiger partial charge in [0.25, 0.3) is 0 Å². The van der Waals surface area contributed by atoms with Crippen LogP contribution in [0.4, 0.5) is 0 Å². The number of ether oxygens (including phenoxy) is 1. The van der Waals surface area contributed by atoms with Gasteiger partial charge in [0, 0.05) is 6.54 Å². The molecule has 98 valence electrons. The molecule has 0 amide bonds. The number of rotatable bonds is 8.